The van der Waals surface area contributed by atoms with E-state index in [0.717, 1.165) is 47.3 Å². The zero-order valence-corrected chi connectivity index (χ0v) is 19.8. The molecule has 0 bridgehead atoms. The lowest BCUT2D eigenvalue weighted by Gasteiger charge is -2.33. The van der Waals surface area contributed by atoms with Crippen LogP contribution in [0.15, 0.2) is 64.8 Å². The smallest absolute Gasteiger partial charge is 0.205 e. The summed E-state index contributed by atoms with van der Waals surface area (Å²) in [7, 11) is 6.41. The van der Waals surface area contributed by atoms with Crippen molar-refractivity contribution >= 4 is 6.08 Å². The van der Waals surface area contributed by atoms with Crippen molar-refractivity contribution in [1.82, 2.24) is 0 Å². The Balaban J connectivity index is 1.82. The molecule has 1 aliphatic carbocycles. The minimum Gasteiger partial charge on any atom is -0.493 e. The number of nitriles is 1. The fourth-order valence-electron chi connectivity index (χ4n) is 4.59. The summed E-state index contributed by atoms with van der Waals surface area (Å²) in [5.74, 6) is 3.09. The highest BCUT2D eigenvalue weighted by molar-refractivity contribution is 5.64. The molecule has 1 aliphatic heterocycles. The van der Waals surface area contributed by atoms with Crippen molar-refractivity contribution in [3.63, 3.8) is 0 Å². The lowest BCUT2D eigenvalue weighted by atomic mass is 9.77. The number of allylic oxidation sites excluding steroid dienone is 3. The Morgan fingerprint density at radius 1 is 0.912 bits per heavy atom. The van der Waals surface area contributed by atoms with Crippen molar-refractivity contribution in [1.29, 1.82) is 5.26 Å². The van der Waals surface area contributed by atoms with E-state index >= 15 is 0 Å². The summed E-state index contributed by atoms with van der Waals surface area (Å²) in [6, 6.07) is 13.7. The first-order valence-corrected chi connectivity index (χ1v) is 11.0. The van der Waals surface area contributed by atoms with E-state index in [2.05, 4.69) is 12.1 Å². The lowest BCUT2D eigenvalue weighted by molar-refractivity contribution is 0.277. The van der Waals surface area contributed by atoms with E-state index in [1.807, 2.05) is 36.4 Å². The summed E-state index contributed by atoms with van der Waals surface area (Å²) < 4.78 is 27.8. The normalized spacial score (nSPS) is 18.7. The molecule has 176 valence electrons. The molecule has 0 spiro atoms. The second kappa shape index (κ2) is 9.84. The number of nitrogens with two attached hydrogens (primary N) is 1. The molecule has 0 saturated heterocycles. The molecule has 7 nitrogen and oxygen atoms in total. The molecule has 1 atom stereocenters. The van der Waals surface area contributed by atoms with Gasteiger partial charge in [0.05, 0.1) is 28.4 Å². The highest BCUT2D eigenvalue weighted by atomic mass is 16.5. The number of hydrogen-bond donors (Lipinski definition) is 1. The minimum absolute atomic E-state index is 0.126. The van der Waals surface area contributed by atoms with E-state index in [-0.39, 0.29) is 11.8 Å². The van der Waals surface area contributed by atoms with Crippen LogP contribution in [0, 0.1) is 11.3 Å². The van der Waals surface area contributed by atoms with Gasteiger partial charge in [-0.3, -0.25) is 0 Å². The average molecular weight is 461 g/mol. The summed E-state index contributed by atoms with van der Waals surface area (Å²) in [6.07, 6.45) is 4.65. The van der Waals surface area contributed by atoms with Gasteiger partial charge in [0.1, 0.15) is 17.4 Å². The Hall–Kier alpha value is -4.05. The third-order valence-electron chi connectivity index (χ3n) is 6.20. The Morgan fingerprint density at radius 2 is 1.56 bits per heavy atom. The van der Waals surface area contributed by atoms with Gasteiger partial charge in [0.15, 0.2) is 23.0 Å². The topological polar surface area (TPSA) is 96.0 Å². The van der Waals surface area contributed by atoms with Crippen LogP contribution >= 0.6 is 0 Å². The van der Waals surface area contributed by atoms with E-state index in [1.165, 1.54) is 0 Å². The van der Waals surface area contributed by atoms with Crippen LogP contribution in [0.3, 0.4) is 0 Å². The van der Waals surface area contributed by atoms with Crippen molar-refractivity contribution < 1.29 is 23.7 Å². The van der Waals surface area contributed by atoms with Crippen LogP contribution in [0.2, 0.25) is 0 Å². The molecule has 0 aromatic heterocycles. The van der Waals surface area contributed by atoms with Crippen molar-refractivity contribution in [2.24, 2.45) is 5.73 Å². The molecule has 0 amide bonds. The van der Waals surface area contributed by atoms with Gasteiger partial charge < -0.3 is 29.4 Å². The van der Waals surface area contributed by atoms with Crippen LogP contribution in [-0.2, 0) is 4.74 Å². The van der Waals surface area contributed by atoms with E-state index < -0.39 is 0 Å². The predicted octanol–water partition coefficient (Wildman–Crippen LogP) is 5.05. The van der Waals surface area contributed by atoms with Gasteiger partial charge in [0.2, 0.25) is 5.88 Å². The van der Waals surface area contributed by atoms with Crippen molar-refractivity contribution in [2.75, 3.05) is 28.4 Å². The maximum Gasteiger partial charge on any atom is 0.205 e. The maximum absolute atomic E-state index is 9.93. The fourth-order valence-corrected chi connectivity index (χ4v) is 4.59. The fraction of sp³-hybridized carbons (Fsp3) is 0.296. The maximum atomic E-state index is 9.93. The van der Waals surface area contributed by atoms with Gasteiger partial charge in [-0.1, -0.05) is 12.1 Å². The van der Waals surface area contributed by atoms with Gasteiger partial charge in [-0.2, -0.15) is 5.26 Å². The van der Waals surface area contributed by atoms with E-state index in [0.29, 0.717) is 28.6 Å². The first-order valence-electron chi connectivity index (χ1n) is 11.0. The molecule has 1 heterocycles. The zero-order chi connectivity index (χ0) is 24.2. The zero-order valence-electron chi connectivity index (χ0n) is 19.8. The van der Waals surface area contributed by atoms with Gasteiger partial charge in [-0.15, -0.1) is 0 Å². The van der Waals surface area contributed by atoms with Crippen LogP contribution in [-0.4, -0.2) is 28.4 Å². The lowest BCUT2D eigenvalue weighted by Crippen LogP contribution is -2.23. The van der Waals surface area contributed by atoms with Crippen LogP contribution in [0.1, 0.15) is 36.3 Å². The predicted molar refractivity (Wildman–Crippen MR) is 129 cm³/mol. The van der Waals surface area contributed by atoms with E-state index in [9.17, 15) is 5.26 Å². The number of ether oxygens (including phenoxy) is 5. The number of benzene rings is 2. The molecule has 0 unspecified atom stereocenters. The molecular weight excluding hydrogens is 432 g/mol. The molecule has 0 fully saturated rings. The number of nitrogens with zero attached hydrogens (tertiary/aromatic N) is 1. The average Bonchev–Trinajstić information content (AvgIpc) is 2.87. The standard InChI is InChI=1S/C27H28N2O5/c1-30-21-10-8-16(13-23(21)32-3)12-18-6-5-7-19-25(20(15-28)27(29)34-26(18)19)17-9-11-22(31-2)24(14-17)33-4/h8-14,25H,5-7,29H2,1-4H3/b18-12+/t25-/m0/s1. The van der Waals surface area contributed by atoms with E-state index in [4.69, 9.17) is 29.4 Å². The minimum atomic E-state index is -0.317. The molecule has 2 aromatic rings. The molecule has 2 N–H and O–H groups in total. The Kier molecular flexibility index (Phi) is 6.69. The Labute approximate surface area is 199 Å². The highest BCUT2D eigenvalue weighted by Crippen LogP contribution is 2.48. The summed E-state index contributed by atoms with van der Waals surface area (Å²) in [5, 5.41) is 9.93. The van der Waals surface area contributed by atoms with Crippen molar-refractivity contribution in [2.45, 2.75) is 25.2 Å². The van der Waals surface area contributed by atoms with Gasteiger partial charge in [0.25, 0.3) is 0 Å². The molecule has 0 radical (unpaired) electrons. The van der Waals surface area contributed by atoms with Gasteiger partial charge >= 0.3 is 0 Å². The quantitative estimate of drug-likeness (QED) is 0.644. The first kappa shape index (κ1) is 23.1. The molecule has 2 aliphatic rings. The largest absolute Gasteiger partial charge is 0.493 e. The third-order valence-corrected chi connectivity index (χ3v) is 6.20. The van der Waals surface area contributed by atoms with Crippen LogP contribution in [0.25, 0.3) is 6.08 Å². The molecular formula is C27H28N2O5. The molecule has 4 rings (SSSR count). The molecule has 7 heteroatoms. The highest BCUT2D eigenvalue weighted by Gasteiger charge is 2.36. The summed E-state index contributed by atoms with van der Waals surface area (Å²) in [6.45, 7) is 0. The van der Waals surface area contributed by atoms with Crippen molar-refractivity contribution in [3.05, 3.63) is 75.9 Å². The molecule has 0 saturated carbocycles. The van der Waals surface area contributed by atoms with E-state index in [1.54, 1.807) is 28.4 Å². The van der Waals surface area contributed by atoms with Crippen LogP contribution in [0.4, 0.5) is 0 Å². The Bertz CT molecular complexity index is 1240. The third kappa shape index (κ3) is 4.15. The number of hydrogen-bond acceptors (Lipinski definition) is 7. The monoisotopic (exact) mass is 460 g/mol. The number of methoxy groups -OCH3 is 4. The van der Waals surface area contributed by atoms with Crippen molar-refractivity contribution in [3.8, 4) is 29.1 Å². The second-order valence-electron chi connectivity index (χ2n) is 8.03. The SMILES string of the molecule is COc1ccc(/C=C2\CCCC3=C2OC(N)=C(C#N)[C@H]3c2ccc(OC)c(OC)c2)cc1OC. The molecule has 2 aromatic carbocycles. The summed E-state index contributed by atoms with van der Waals surface area (Å²) >= 11 is 0. The molecule has 34 heavy (non-hydrogen) atoms. The van der Waals surface area contributed by atoms with Gasteiger partial charge in [-0.05, 0) is 71.9 Å². The number of rotatable bonds is 6. The summed E-state index contributed by atoms with van der Waals surface area (Å²) in [4.78, 5) is 0. The second-order valence-corrected chi connectivity index (χ2v) is 8.03. The van der Waals surface area contributed by atoms with Gasteiger partial charge in [-0.25, -0.2) is 0 Å². The first-order chi connectivity index (χ1) is 16.5. The Morgan fingerprint density at radius 3 is 2.21 bits per heavy atom. The summed E-state index contributed by atoms with van der Waals surface area (Å²) in [5.41, 5.74) is 10.6. The van der Waals surface area contributed by atoms with Gasteiger partial charge in [0, 0.05) is 5.92 Å². The van der Waals surface area contributed by atoms with Crippen LogP contribution < -0.4 is 24.7 Å². The van der Waals surface area contributed by atoms with Crippen LogP contribution in [0.5, 0.6) is 23.0 Å².